The Morgan fingerprint density at radius 3 is 2.55 bits per heavy atom. The first-order valence-corrected chi connectivity index (χ1v) is 8.34. The molecule has 1 aromatic rings. The summed E-state index contributed by atoms with van der Waals surface area (Å²) in [6, 6.07) is 10.8. The summed E-state index contributed by atoms with van der Waals surface area (Å²) in [5.74, 6) is 2.21. The van der Waals surface area contributed by atoms with Crippen molar-refractivity contribution in [3.8, 4) is 0 Å². The molecule has 2 N–H and O–H groups in total. The van der Waals surface area contributed by atoms with Crippen molar-refractivity contribution in [2.75, 3.05) is 0 Å². The van der Waals surface area contributed by atoms with E-state index in [0.29, 0.717) is 11.8 Å². The van der Waals surface area contributed by atoms with Crippen LogP contribution in [0.15, 0.2) is 30.3 Å². The minimum atomic E-state index is 0.0701. The first-order valence-electron chi connectivity index (χ1n) is 8.34. The van der Waals surface area contributed by atoms with E-state index in [9.17, 15) is 0 Å². The molecule has 0 saturated heterocycles. The van der Waals surface area contributed by atoms with Gasteiger partial charge >= 0.3 is 0 Å². The molecule has 1 fully saturated rings. The Hall–Kier alpha value is -0.820. The lowest BCUT2D eigenvalue weighted by atomic mass is 9.63. The summed E-state index contributed by atoms with van der Waals surface area (Å²) in [7, 11) is 0. The largest absolute Gasteiger partial charge is 0.325 e. The van der Waals surface area contributed by atoms with E-state index in [1.54, 1.807) is 0 Å². The van der Waals surface area contributed by atoms with Crippen LogP contribution in [0.4, 0.5) is 0 Å². The lowest BCUT2D eigenvalue weighted by Gasteiger charge is -2.46. The third kappa shape index (κ3) is 3.85. The highest BCUT2D eigenvalue weighted by atomic mass is 14.8. The van der Waals surface area contributed by atoms with Crippen molar-refractivity contribution in [1.82, 2.24) is 0 Å². The van der Waals surface area contributed by atoms with Crippen LogP contribution < -0.4 is 5.73 Å². The fourth-order valence-electron chi connectivity index (χ4n) is 4.20. The highest BCUT2D eigenvalue weighted by molar-refractivity contribution is 5.14. The van der Waals surface area contributed by atoms with Gasteiger partial charge in [0, 0.05) is 5.54 Å². The molecule has 112 valence electrons. The summed E-state index contributed by atoms with van der Waals surface area (Å²) in [6.07, 6.45) is 7.45. The van der Waals surface area contributed by atoms with Crippen molar-refractivity contribution < 1.29 is 0 Å². The number of hydrogen-bond donors (Lipinski definition) is 1. The SMILES string of the molecule is CC1CCC(C(C)C)C(N)(CCCc2ccccc2)C1. The van der Waals surface area contributed by atoms with E-state index >= 15 is 0 Å². The van der Waals surface area contributed by atoms with Crippen molar-refractivity contribution >= 4 is 0 Å². The van der Waals surface area contributed by atoms with Gasteiger partial charge < -0.3 is 5.73 Å². The Kier molecular flexibility index (Phi) is 5.26. The van der Waals surface area contributed by atoms with Crippen LogP contribution in [0.5, 0.6) is 0 Å². The molecule has 1 nitrogen and oxygen atoms in total. The van der Waals surface area contributed by atoms with Crippen LogP contribution in [0.3, 0.4) is 0 Å². The monoisotopic (exact) mass is 273 g/mol. The van der Waals surface area contributed by atoms with E-state index in [4.69, 9.17) is 5.73 Å². The van der Waals surface area contributed by atoms with Gasteiger partial charge in [-0.2, -0.15) is 0 Å². The summed E-state index contributed by atoms with van der Waals surface area (Å²) in [6.45, 7) is 7.06. The maximum atomic E-state index is 6.86. The number of benzene rings is 1. The minimum absolute atomic E-state index is 0.0701. The zero-order chi connectivity index (χ0) is 14.6. The van der Waals surface area contributed by atoms with Gasteiger partial charge in [-0.1, -0.05) is 57.5 Å². The third-order valence-electron chi connectivity index (χ3n) is 5.19. The molecule has 0 heterocycles. The van der Waals surface area contributed by atoms with Gasteiger partial charge in [0.25, 0.3) is 0 Å². The van der Waals surface area contributed by atoms with Crippen LogP contribution in [0.2, 0.25) is 0 Å². The minimum Gasteiger partial charge on any atom is -0.325 e. The summed E-state index contributed by atoms with van der Waals surface area (Å²) in [5, 5.41) is 0. The number of aryl methyl sites for hydroxylation is 1. The summed E-state index contributed by atoms with van der Waals surface area (Å²) in [5.41, 5.74) is 8.37. The second-order valence-corrected chi connectivity index (χ2v) is 7.31. The Labute approximate surface area is 125 Å². The molecular formula is C19H31N. The zero-order valence-electron chi connectivity index (χ0n) is 13.4. The number of nitrogens with two attached hydrogens (primary N) is 1. The van der Waals surface area contributed by atoms with Gasteiger partial charge in [0.2, 0.25) is 0 Å². The zero-order valence-corrected chi connectivity index (χ0v) is 13.4. The van der Waals surface area contributed by atoms with E-state index in [0.717, 1.165) is 5.92 Å². The Morgan fingerprint density at radius 1 is 1.20 bits per heavy atom. The second kappa shape index (κ2) is 6.76. The maximum Gasteiger partial charge on any atom is 0.0188 e. The lowest BCUT2D eigenvalue weighted by molar-refractivity contribution is 0.0996. The van der Waals surface area contributed by atoms with Gasteiger partial charge in [-0.3, -0.25) is 0 Å². The van der Waals surface area contributed by atoms with Crippen LogP contribution in [0.1, 0.15) is 58.4 Å². The molecule has 0 radical (unpaired) electrons. The first-order chi connectivity index (χ1) is 9.51. The van der Waals surface area contributed by atoms with Gasteiger partial charge in [0.15, 0.2) is 0 Å². The Morgan fingerprint density at radius 2 is 1.90 bits per heavy atom. The fourth-order valence-corrected chi connectivity index (χ4v) is 4.20. The van der Waals surface area contributed by atoms with Crippen LogP contribution in [0, 0.1) is 17.8 Å². The topological polar surface area (TPSA) is 26.0 Å². The molecule has 0 bridgehead atoms. The molecule has 1 saturated carbocycles. The van der Waals surface area contributed by atoms with Crippen LogP contribution in [-0.2, 0) is 6.42 Å². The van der Waals surface area contributed by atoms with E-state index in [1.165, 1.54) is 44.1 Å². The molecule has 0 spiro atoms. The molecule has 1 aliphatic rings. The van der Waals surface area contributed by atoms with Gasteiger partial charge in [0.05, 0.1) is 0 Å². The van der Waals surface area contributed by atoms with Crippen molar-refractivity contribution in [2.45, 2.75) is 64.8 Å². The van der Waals surface area contributed by atoms with Crippen molar-refractivity contribution in [3.63, 3.8) is 0 Å². The predicted molar refractivity (Wildman–Crippen MR) is 87.6 cm³/mol. The molecule has 2 rings (SSSR count). The normalized spacial score (nSPS) is 30.6. The van der Waals surface area contributed by atoms with E-state index in [2.05, 4.69) is 51.1 Å². The van der Waals surface area contributed by atoms with Crippen LogP contribution >= 0.6 is 0 Å². The van der Waals surface area contributed by atoms with Crippen LogP contribution in [0.25, 0.3) is 0 Å². The maximum absolute atomic E-state index is 6.86. The Bertz CT molecular complexity index is 397. The molecule has 0 amide bonds. The molecule has 1 heteroatoms. The van der Waals surface area contributed by atoms with Crippen LogP contribution in [-0.4, -0.2) is 5.54 Å². The highest BCUT2D eigenvalue weighted by Crippen LogP contribution is 2.42. The fraction of sp³-hybridized carbons (Fsp3) is 0.684. The Balaban J connectivity index is 1.93. The van der Waals surface area contributed by atoms with E-state index < -0.39 is 0 Å². The molecule has 0 aromatic heterocycles. The first kappa shape index (κ1) is 15.6. The standard InChI is InChI=1S/C19H31N/c1-15(2)18-12-11-16(3)14-19(18,20)13-7-10-17-8-5-4-6-9-17/h4-6,8-9,15-16,18H,7,10-14,20H2,1-3H3. The van der Waals surface area contributed by atoms with Gasteiger partial charge in [-0.05, 0) is 55.4 Å². The summed E-state index contributed by atoms with van der Waals surface area (Å²) < 4.78 is 0. The van der Waals surface area contributed by atoms with Crippen molar-refractivity contribution in [3.05, 3.63) is 35.9 Å². The summed E-state index contributed by atoms with van der Waals surface area (Å²) >= 11 is 0. The third-order valence-corrected chi connectivity index (χ3v) is 5.19. The van der Waals surface area contributed by atoms with E-state index in [1.807, 2.05) is 0 Å². The molecular weight excluding hydrogens is 242 g/mol. The lowest BCUT2D eigenvalue weighted by Crippen LogP contribution is -2.52. The van der Waals surface area contributed by atoms with Gasteiger partial charge in [-0.25, -0.2) is 0 Å². The average molecular weight is 273 g/mol. The molecule has 3 atom stereocenters. The smallest absolute Gasteiger partial charge is 0.0188 e. The van der Waals surface area contributed by atoms with Gasteiger partial charge in [-0.15, -0.1) is 0 Å². The molecule has 1 aliphatic carbocycles. The molecule has 3 unspecified atom stereocenters. The second-order valence-electron chi connectivity index (χ2n) is 7.31. The van der Waals surface area contributed by atoms with Crippen molar-refractivity contribution in [2.24, 2.45) is 23.5 Å². The molecule has 1 aromatic carbocycles. The van der Waals surface area contributed by atoms with E-state index in [-0.39, 0.29) is 5.54 Å². The predicted octanol–water partition coefficient (Wildman–Crippen LogP) is 4.80. The average Bonchev–Trinajstić information content (AvgIpc) is 2.39. The van der Waals surface area contributed by atoms with Crippen molar-refractivity contribution in [1.29, 1.82) is 0 Å². The molecule has 0 aliphatic heterocycles. The number of rotatable bonds is 5. The highest BCUT2D eigenvalue weighted by Gasteiger charge is 2.40. The molecule has 20 heavy (non-hydrogen) atoms. The van der Waals surface area contributed by atoms with Gasteiger partial charge in [0.1, 0.15) is 0 Å². The number of hydrogen-bond acceptors (Lipinski definition) is 1. The quantitative estimate of drug-likeness (QED) is 0.819. The summed E-state index contributed by atoms with van der Waals surface area (Å²) in [4.78, 5) is 0.